The van der Waals surface area contributed by atoms with Gasteiger partial charge >= 0.3 is 0 Å². The SMILES string of the molecule is COc1cc(OC)c(NCc2cc(C)ccc2F)cc1Cl. The van der Waals surface area contributed by atoms with Crippen LogP contribution in [0.3, 0.4) is 0 Å². The molecule has 0 unspecified atom stereocenters. The van der Waals surface area contributed by atoms with Crippen molar-refractivity contribution >= 4 is 17.3 Å². The molecule has 2 aromatic carbocycles. The Morgan fingerprint density at radius 3 is 2.48 bits per heavy atom. The van der Waals surface area contributed by atoms with Crippen molar-refractivity contribution < 1.29 is 13.9 Å². The fourth-order valence-corrected chi connectivity index (χ4v) is 2.27. The van der Waals surface area contributed by atoms with Gasteiger partial charge < -0.3 is 14.8 Å². The van der Waals surface area contributed by atoms with E-state index in [9.17, 15) is 4.39 Å². The second kappa shape index (κ2) is 6.68. The average molecular weight is 310 g/mol. The molecule has 3 nitrogen and oxygen atoms in total. The molecular formula is C16H17ClFNO2. The minimum atomic E-state index is -0.244. The largest absolute Gasteiger partial charge is 0.495 e. The molecule has 0 radical (unpaired) electrons. The van der Waals surface area contributed by atoms with Crippen LogP contribution in [0.2, 0.25) is 5.02 Å². The van der Waals surface area contributed by atoms with Crippen LogP contribution in [0, 0.1) is 12.7 Å². The molecule has 2 aromatic rings. The van der Waals surface area contributed by atoms with E-state index in [4.69, 9.17) is 21.1 Å². The zero-order valence-electron chi connectivity index (χ0n) is 12.2. The zero-order valence-corrected chi connectivity index (χ0v) is 12.9. The molecule has 0 atom stereocenters. The van der Waals surface area contributed by atoms with Gasteiger partial charge in [0.05, 0.1) is 24.9 Å². The number of anilines is 1. The lowest BCUT2D eigenvalue weighted by Gasteiger charge is -2.14. The highest BCUT2D eigenvalue weighted by Crippen LogP contribution is 2.36. The Morgan fingerprint density at radius 1 is 1.10 bits per heavy atom. The van der Waals surface area contributed by atoms with E-state index >= 15 is 0 Å². The van der Waals surface area contributed by atoms with E-state index in [1.807, 2.05) is 6.92 Å². The van der Waals surface area contributed by atoms with Crippen LogP contribution in [-0.2, 0) is 6.54 Å². The molecule has 0 heterocycles. The van der Waals surface area contributed by atoms with Crippen LogP contribution < -0.4 is 14.8 Å². The van der Waals surface area contributed by atoms with Gasteiger partial charge in [0.2, 0.25) is 0 Å². The number of hydrogen-bond acceptors (Lipinski definition) is 3. The molecule has 0 aliphatic rings. The predicted molar refractivity (Wildman–Crippen MR) is 83.0 cm³/mol. The molecular weight excluding hydrogens is 293 g/mol. The lowest BCUT2D eigenvalue weighted by atomic mass is 10.1. The maximum absolute atomic E-state index is 13.7. The van der Waals surface area contributed by atoms with Crippen LogP contribution in [0.5, 0.6) is 11.5 Å². The summed E-state index contributed by atoms with van der Waals surface area (Å²) in [4.78, 5) is 0. The Morgan fingerprint density at radius 2 is 1.81 bits per heavy atom. The minimum Gasteiger partial charge on any atom is -0.495 e. The molecule has 0 amide bonds. The van der Waals surface area contributed by atoms with Gasteiger partial charge in [-0.25, -0.2) is 4.39 Å². The van der Waals surface area contributed by atoms with Crippen LogP contribution in [0.4, 0.5) is 10.1 Å². The highest BCUT2D eigenvalue weighted by Gasteiger charge is 2.10. The van der Waals surface area contributed by atoms with Gasteiger partial charge in [-0.2, -0.15) is 0 Å². The van der Waals surface area contributed by atoms with Crippen LogP contribution in [0.15, 0.2) is 30.3 Å². The van der Waals surface area contributed by atoms with Crippen LogP contribution in [-0.4, -0.2) is 14.2 Å². The highest BCUT2D eigenvalue weighted by atomic mass is 35.5. The van der Waals surface area contributed by atoms with Crippen molar-refractivity contribution in [3.05, 3.63) is 52.3 Å². The molecule has 0 saturated carbocycles. The number of nitrogens with one attached hydrogen (secondary N) is 1. The van der Waals surface area contributed by atoms with Gasteiger partial charge in [0, 0.05) is 18.2 Å². The number of methoxy groups -OCH3 is 2. The summed E-state index contributed by atoms with van der Waals surface area (Å²) in [6.45, 7) is 2.26. The van der Waals surface area contributed by atoms with E-state index in [1.165, 1.54) is 13.2 Å². The smallest absolute Gasteiger partial charge is 0.145 e. The van der Waals surface area contributed by atoms with E-state index in [2.05, 4.69) is 5.32 Å². The Labute approximate surface area is 128 Å². The number of ether oxygens (including phenoxy) is 2. The van der Waals surface area contributed by atoms with E-state index in [0.717, 1.165) is 5.56 Å². The zero-order chi connectivity index (χ0) is 15.4. The van der Waals surface area contributed by atoms with Crippen molar-refractivity contribution in [2.24, 2.45) is 0 Å². The van der Waals surface area contributed by atoms with Crippen molar-refractivity contribution in [1.29, 1.82) is 0 Å². The fraction of sp³-hybridized carbons (Fsp3) is 0.250. The molecule has 0 saturated heterocycles. The Bertz CT molecular complexity index is 646. The third kappa shape index (κ3) is 3.58. The maximum Gasteiger partial charge on any atom is 0.145 e. The topological polar surface area (TPSA) is 30.5 Å². The molecule has 0 aliphatic heterocycles. The van der Waals surface area contributed by atoms with Gasteiger partial charge in [-0.05, 0) is 19.1 Å². The van der Waals surface area contributed by atoms with Crippen LogP contribution in [0.1, 0.15) is 11.1 Å². The van der Waals surface area contributed by atoms with E-state index in [-0.39, 0.29) is 5.82 Å². The number of aryl methyl sites for hydroxylation is 1. The first-order valence-electron chi connectivity index (χ1n) is 6.45. The standard InChI is InChI=1S/C16H17ClFNO2/c1-10-4-5-13(18)11(6-10)9-19-14-7-12(17)15(20-2)8-16(14)21-3/h4-8,19H,9H2,1-3H3. The van der Waals surface area contributed by atoms with Gasteiger partial charge in [-0.15, -0.1) is 0 Å². The monoisotopic (exact) mass is 309 g/mol. The van der Waals surface area contributed by atoms with Gasteiger partial charge in [-0.1, -0.05) is 29.3 Å². The highest BCUT2D eigenvalue weighted by molar-refractivity contribution is 6.32. The summed E-state index contributed by atoms with van der Waals surface area (Å²) in [6, 6.07) is 8.40. The van der Waals surface area contributed by atoms with Crippen molar-refractivity contribution in [2.75, 3.05) is 19.5 Å². The molecule has 0 fully saturated rings. The molecule has 1 N–H and O–H groups in total. The molecule has 0 bridgehead atoms. The molecule has 112 valence electrons. The Hall–Kier alpha value is -1.94. The summed E-state index contributed by atoms with van der Waals surface area (Å²) in [6.07, 6.45) is 0. The number of hydrogen-bond donors (Lipinski definition) is 1. The van der Waals surface area contributed by atoms with Crippen molar-refractivity contribution in [2.45, 2.75) is 13.5 Å². The third-order valence-corrected chi connectivity index (χ3v) is 3.44. The normalized spacial score (nSPS) is 10.3. The first kappa shape index (κ1) is 15.4. The predicted octanol–water partition coefficient (Wildman–Crippen LogP) is 4.42. The summed E-state index contributed by atoms with van der Waals surface area (Å²) in [5, 5.41) is 3.60. The number of benzene rings is 2. The van der Waals surface area contributed by atoms with E-state index in [0.29, 0.717) is 34.3 Å². The summed E-state index contributed by atoms with van der Waals surface area (Å²) < 4.78 is 24.2. The second-order valence-electron chi connectivity index (χ2n) is 4.64. The summed E-state index contributed by atoms with van der Waals surface area (Å²) >= 11 is 6.10. The lowest BCUT2D eigenvalue weighted by molar-refractivity contribution is 0.395. The first-order valence-corrected chi connectivity index (χ1v) is 6.83. The van der Waals surface area contributed by atoms with Crippen LogP contribution in [0.25, 0.3) is 0 Å². The summed E-state index contributed by atoms with van der Waals surface area (Å²) in [5.41, 5.74) is 2.28. The second-order valence-corrected chi connectivity index (χ2v) is 5.04. The van der Waals surface area contributed by atoms with Crippen molar-refractivity contribution in [3.8, 4) is 11.5 Å². The van der Waals surface area contributed by atoms with E-state index in [1.54, 1.807) is 31.4 Å². The molecule has 0 aromatic heterocycles. The Kier molecular flexibility index (Phi) is 4.91. The van der Waals surface area contributed by atoms with E-state index < -0.39 is 0 Å². The molecule has 2 rings (SSSR count). The number of halogens is 2. The van der Waals surface area contributed by atoms with Crippen LogP contribution >= 0.6 is 11.6 Å². The fourth-order valence-electron chi connectivity index (χ4n) is 2.03. The average Bonchev–Trinajstić information content (AvgIpc) is 2.48. The first-order chi connectivity index (χ1) is 10.0. The van der Waals surface area contributed by atoms with Gasteiger partial charge in [0.1, 0.15) is 17.3 Å². The summed E-state index contributed by atoms with van der Waals surface area (Å²) in [5.74, 6) is 0.872. The molecule has 0 aliphatic carbocycles. The number of rotatable bonds is 5. The van der Waals surface area contributed by atoms with Crippen molar-refractivity contribution in [3.63, 3.8) is 0 Å². The third-order valence-electron chi connectivity index (χ3n) is 3.14. The van der Waals surface area contributed by atoms with Crippen molar-refractivity contribution in [1.82, 2.24) is 0 Å². The molecule has 0 spiro atoms. The Balaban J connectivity index is 2.23. The molecule has 21 heavy (non-hydrogen) atoms. The van der Waals surface area contributed by atoms with Gasteiger partial charge in [-0.3, -0.25) is 0 Å². The maximum atomic E-state index is 13.7. The quantitative estimate of drug-likeness (QED) is 0.887. The minimum absolute atomic E-state index is 0.244. The van der Waals surface area contributed by atoms with Gasteiger partial charge in [0.25, 0.3) is 0 Å². The summed E-state index contributed by atoms with van der Waals surface area (Å²) in [7, 11) is 3.09. The van der Waals surface area contributed by atoms with Gasteiger partial charge in [0.15, 0.2) is 0 Å². The molecule has 5 heteroatoms. The lowest BCUT2D eigenvalue weighted by Crippen LogP contribution is -2.04.